The van der Waals surface area contributed by atoms with Gasteiger partial charge in [0, 0.05) is 18.0 Å². The second-order valence-electron chi connectivity index (χ2n) is 2.88. The summed E-state index contributed by atoms with van der Waals surface area (Å²) in [6.07, 6.45) is 3.33. The summed E-state index contributed by atoms with van der Waals surface area (Å²) in [6, 6.07) is 3.64. The third-order valence-electron chi connectivity index (χ3n) is 1.91. The molecule has 0 unspecified atom stereocenters. The Morgan fingerprint density at radius 1 is 1.56 bits per heavy atom. The lowest BCUT2D eigenvalue weighted by Crippen LogP contribution is -2.00. The van der Waals surface area contributed by atoms with E-state index in [2.05, 4.69) is 25.9 Å². The number of halogens is 1. The standard InChI is InChI=1S/C10H7BrN2O2S/c1-15-9(14)8-7(13-10(11)16-8)6-3-2-4-12-5-6/h2-5H,1H3. The molecule has 0 fully saturated rings. The predicted octanol–water partition coefficient (Wildman–Crippen LogP) is 2.75. The Bertz CT molecular complexity index is 513. The fourth-order valence-electron chi connectivity index (χ4n) is 1.22. The number of rotatable bonds is 2. The number of hydrogen-bond donors (Lipinski definition) is 0. The molecule has 16 heavy (non-hydrogen) atoms. The average molecular weight is 299 g/mol. The molecular formula is C10H7BrN2O2S. The number of thiazole rings is 1. The molecule has 0 bridgehead atoms. The lowest BCUT2D eigenvalue weighted by molar-refractivity contribution is 0.0607. The van der Waals surface area contributed by atoms with Gasteiger partial charge in [0.2, 0.25) is 0 Å². The summed E-state index contributed by atoms with van der Waals surface area (Å²) in [5, 5.41) is 0. The second-order valence-corrected chi connectivity index (χ2v) is 5.15. The van der Waals surface area contributed by atoms with Crippen molar-refractivity contribution in [2.45, 2.75) is 0 Å². The van der Waals surface area contributed by atoms with Crippen LogP contribution in [0.15, 0.2) is 28.4 Å². The van der Waals surface area contributed by atoms with Crippen molar-refractivity contribution in [2.75, 3.05) is 7.11 Å². The molecule has 0 aliphatic rings. The number of ether oxygens (including phenoxy) is 1. The van der Waals surface area contributed by atoms with Crippen LogP contribution in [-0.2, 0) is 4.74 Å². The third kappa shape index (κ3) is 2.12. The lowest BCUT2D eigenvalue weighted by atomic mass is 10.2. The fraction of sp³-hybridized carbons (Fsp3) is 0.100. The van der Waals surface area contributed by atoms with Crippen LogP contribution < -0.4 is 0 Å². The Kier molecular flexibility index (Phi) is 3.31. The highest BCUT2D eigenvalue weighted by molar-refractivity contribution is 9.11. The minimum atomic E-state index is -0.387. The molecule has 0 aliphatic heterocycles. The van der Waals surface area contributed by atoms with Gasteiger partial charge in [-0.25, -0.2) is 9.78 Å². The quantitative estimate of drug-likeness (QED) is 0.800. The maximum atomic E-state index is 11.5. The van der Waals surface area contributed by atoms with E-state index < -0.39 is 0 Å². The first-order chi connectivity index (χ1) is 7.72. The summed E-state index contributed by atoms with van der Waals surface area (Å²) in [6.45, 7) is 0. The molecule has 0 amide bonds. The van der Waals surface area contributed by atoms with Gasteiger partial charge in [0.05, 0.1) is 12.8 Å². The van der Waals surface area contributed by atoms with Crippen molar-refractivity contribution in [3.63, 3.8) is 0 Å². The van der Waals surface area contributed by atoms with Crippen molar-refractivity contribution >= 4 is 33.2 Å². The largest absolute Gasteiger partial charge is 0.465 e. The number of methoxy groups -OCH3 is 1. The van der Waals surface area contributed by atoms with Gasteiger partial charge in [-0.2, -0.15) is 0 Å². The fourth-order valence-corrected chi connectivity index (χ4v) is 2.62. The van der Waals surface area contributed by atoms with Gasteiger partial charge >= 0.3 is 5.97 Å². The number of nitrogens with zero attached hydrogens (tertiary/aromatic N) is 2. The molecule has 0 saturated heterocycles. The summed E-state index contributed by atoms with van der Waals surface area (Å²) < 4.78 is 5.35. The Labute approximate surface area is 104 Å². The maximum Gasteiger partial charge on any atom is 0.350 e. The monoisotopic (exact) mass is 298 g/mol. The summed E-state index contributed by atoms with van der Waals surface area (Å²) in [5.41, 5.74) is 1.39. The molecule has 4 nitrogen and oxygen atoms in total. The van der Waals surface area contributed by atoms with Crippen molar-refractivity contribution in [3.8, 4) is 11.3 Å². The number of carbonyl (C=O) groups excluding carboxylic acids is 1. The SMILES string of the molecule is COC(=O)c1sc(Br)nc1-c1cccnc1. The molecule has 0 radical (unpaired) electrons. The van der Waals surface area contributed by atoms with E-state index >= 15 is 0 Å². The van der Waals surface area contributed by atoms with Crippen LogP contribution in [-0.4, -0.2) is 23.0 Å². The van der Waals surface area contributed by atoms with Crippen LogP contribution >= 0.6 is 27.3 Å². The molecule has 2 aromatic rings. The van der Waals surface area contributed by atoms with Crippen LogP contribution in [0.5, 0.6) is 0 Å². The first kappa shape index (κ1) is 11.2. The zero-order valence-electron chi connectivity index (χ0n) is 8.31. The smallest absolute Gasteiger partial charge is 0.350 e. The van der Waals surface area contributed by atoms with Crippen LogP contribution in [0.25, 0.3) is 11.3 Å². The van der Waals surface area contributed by atoms with Crippen molar-refractivity contribution in [1.82, 2.24) is 9.97 Å². The van der Waals surface area contributed by atoms with Crippen molar-refractivity contribution < 1.29 is 9.53 Å². The molecule has 0 spiro atoms. The van der Waals surface area contributed by atoms with Crippen LogP contribution in [0.1, 0.15) is 9.67 Å². The van der Waals surface area contributed by atoms with Gasteiger partial charge in [-0.1, -0.05) is 11.3 Å². The molecular weight excluding hydrogens is 292 g/mol. The number of esters is 1. The Morgan fingerprint density at radius 3 is 3.00 bits per heavy atom. The second kappa shape index (κ2) is 4.71. The Morgan fingerprint density at radius 2 is 2.38 bits per heavy atom. The molecule has 2 aromatic heterocycles. The highest BCUT2D eigenvalue weighted by atomic mass is 79.9. The van der Waals surface area contributed by atoms with Gasteiger partial charge in [0.15, 0.2) is 3.92 Å². The van der Waals surface area contributed by atoms with E-state index in [-0.39, 0.29) is 5.97 Å². The van der Waals surface area contributed by atoms with E-state index in [4.69, 9.17) is 4.74 Å². The zero-order valence-corrected chi connectivity index (χ0v) is 10.7. The molecule has 82 valence electrons. The van der Waals surface area contributed by atoms with E-state index in [9.17, 15) is 4.79 Å². The van der Waals surface area contributed by atoms with Gasteiger partial charge < -0.3 is 4.74 Å². The van der Waals surface area contributed by atoms with Crippen LogP contribution in [0.2, 0.25) is 0 Å². The molecule has 0 N–H and O–H groups in total. The van der Waals surface area contributed by atoms with E-state index in [1.165, 1.54) is 18.4 Å². The molecule has 6 heteroatoms. The summed E-state index contributed by atoms with van der Waals surface area (Å²) >= 11 is 4.50. The van der Waals surface area contributed by atoms with Crippen LogP contribution in [0.4, 0.5) is 0 Å². The van der Waals surface area contributed by atoms with E-state index in [1.807, 2.05) is 6.07 Å². The number of pyridine rings is 1. The van der Waals surface area contributed by atoms with Crippen molar-refractivity contribution in [1.29, 1.82) is 0 Å². The van der Waals surface area contributed by atoms with Crippen LogP contribution in [0.3, 0.4) is 0 Å². The minimum Gasteiger partial charge on any atom is -0.465 e. The van der Waals surface area contributed by atoms with E-state index in [1.54, 1.807) is 18.5 Å². The summed E-state index contributed by atoms with van der Waals surface area (Å²) in [7, 11) is 1.35. The first-order valence-corrected chi connectivity index (χ1v) is 5.98. The maximum absolute atomic E-state index is 11.5. The van der Waals surface area contributed by atoms with Gasteiger partial charge in [-0.05, 0) is 28.1 Å². The first-order valence-electron chi connectivity index (χ1n) is 4.37. The topological polar surface area (TPSA) is 52.1 Å². The molecule has 0 aliphatic carbocycles. The van der Waals surface area contributed by atoms with Gasteiger partial charge in [0.1, 0.15) is 4.88 Å². The highest BCUT2D eigenvalue weighted by Gasteiger charge is 2.19. The Hall–Kier alpha value is -1.27. The Balaban J connectivity index is 2.53. The minimum absolute atomic E-state index is 0.387. The van der Waals surface area contributed by atoms with Gasteiger partial charge in [-0.15, -0.1) is 0 Å². The lowest BCUT2D eigenvalue weighted by Gasteiger charge is -1.99. The van der Waals surface area contributed by atoms with Gasteiger partial charge in [0.25, 0.3) is 0 Å². The molecule has 2 heterocycles. The predicted molar refractivity (Wildman–Crippen MR) is 64.4 cm³/mol. The molecule has 2 rings (SSSR count). The number of aromatic nitrogens is 2. The summed E-state index contributed by atoms with van der Waals surface area (Å²) in [5.74, 6) is -0.387. The zero-order chi connectivity index (χ0) is 11.5. The molecule has 0 aromatic carbocycles. The molecule has 0 saturated carbocycles. The average Bonchev–Trinajstić information content (AvgIpc) is 2.71. The molecule has 0 atom stereocenters. The van der Waals surface area contributed by atoms with E-state index in [0.29, 0.717) is 14.5 Å². The van der Waals surface area contributed by atoms with E-state index in [0.717, 1.165) is 5.56 Å². The van der Waals surface area contributed by atoms with Crippen molar-refractivity contribution in [2.24, 2.45) is 0 Å². The van der Waals surface area contributed by atoms with Crippen LogP contribution in [0, 0.1) is 0 Å². The van der Waals surface area contributed by atoms with Crippen molar-refractivity contribution in [3.05, 3.63) is 33.3 Å². The third-order valence-corrected chi connectivity index (χ3v) is 3.39. The highest BCUT2D eigenvalue weighted by Crippen LogP contribution is 2.31. The normalized spacial score (nSPS) is 10.1. The summed E-state index contributed by atoms with van der Waals surface area (Å²) in [4.78, 5) is 20.2. The number of hydrogen-bond acceptors (Lipinski definition) is 5. The number of carbonyl (C=O) groups is 1. The van der Waals surface area contributed by atoms with Gasteiger partial charge in [-0.3, -0.25) is 4.98 Å².